The van der Waals surface area contributed by atoms with Crippen LogP contribution in [0, 0.1) is 10.1 Å². The molecule has 2 heterocycles. The summed E-state index contributed by atoms with van der Waals surface area (Å²) in [6, 6.07) is 4.56. The predicted molar refractivity (Wildman–Crippen MR) is 89.7 cm³/mol. The molecule has 0 aliphatic carbocycles. The summed E-state index contributed by atoms with van der Waals surface area (Å²) in [4.78, 5) is 21.6. The van der Waals surface area contributed by atoms with Crippen molar-refractivity contribution in [3.8, 4) is 0 Å². The quantitative estimate of drug-likeness (QED) is 0.364. The van der Waals surface area contributed by atoms with E-state index in [1.165, 1.54) is 17.8 Å². The molecule has 0 atom stereocenters. The molecule has 6 nitrogen and oxygen atoms in total. The van der Waals surface area contributed by atoms with Crippen LogP contribution in [0.2, 0.25) is 5.02 Å². The van der Waals surface area contributed by atoms with Gasteiger partial charge in [-0.25, -0.2) is 9.97 Å². The largest absolute Gasteiger partial charge is 0.294 e. The lowest BCUT2D eigenvalue weighted by Crippen LogP contribution is -2.31. The fourth-order valence-corrected chi connectivity index (χ4v) is 3.16. The van der Waals surface area contributed by atoms with Crippen molar-refractivity contribution in [3.63, 3.8) is 0 Å². The number of non-ortho nitro benzene ring substituents is 1. The first-order chi connectivity index (χ1) is 11.1. The molecule has 0 unspecified atom stereocenters. The summed E-state index contributed by atoms with van der Waals surface area (Å²) in [6.07, 6.45) is 4.68. The van der Waals surface area contributed by atoms with E-state index in [1.54, 1.807) is 12.1 Å². The maximum absolute atomic E-state index is 10.9. The Kier molecular flexibility index (Phi) is 4.79. The molecule has 8 heteroatoms. The number of halogens is 1. The molecular formula is C15H15ClN4O2S. The van der Waals surface area contributed by atoms with Gasteiger partial charge in [0, 0.05) is 55.0 Å². The summed E-state index contributed by atoms with van der Waals surface area (Å²) in [5, 5.41) is 12.3. The molecular weight excluding hydrogens is 336 g/mol. The number of hydrogen-bond acceptors (Lipinski definition) is 6. The van der Waals surface area contributed by atoms with E-state index in [0.717, 1.165) is 41.5 Å². The van der Waals surface area contributed by atoms with E-state index in [4.69, 9.17) is 11.6 Å². The topological polar surface area (TPSA) is 72.2 Å². The van der Waals surface area contributed by atoms with Gasteiger partial charge in [-0.1, -0.05) is 23.4 Å². The highest BCUT2D eigenvalue weighted by atomic mass is 35.5. The average molecular weight is 351 g/mol. The van der Waals surface area contributed by atoms with Crippen molar-refractivity contribution in [1.29, 1.82) is 0 Å². The fourth-order valence-electron chi connectivity index (χ4n) is 2.63. The van der Waals surface area contributed by atoms with Crippen molar-refractivity contribution in [2.75, 3.05) is 12.8 Å². The van der Waals surface area contributed by atoms with Gasteiger partial charge >= 0.3 is 0 Å². The summed E-state index contributed by atoms with van der Waals surface area (Å²) in [7, 11) is 0. The van der Waals surface area contributed by atoms with E-state index >= 15 is 0 Å². The number of nitrogens with zero attached hydrogens (tertiary/aromatic N) is 4. The first-order valence-corrected chi connectivity index (χ1v) is 8.71. The smallest absolute Gasteiger partial charge is 0.269 e. The molecule has 0 spiro atoms. The van der Waals surface area contributed by atoms with Gasteiger partial charge in [0.1, 0.15) is 0 Å². The standard InChI is InChI=1S/C15H15ClN4O2S/c1-23-15-17-7-11-9-19(5-4-14(11)18-15)8-10-6-12(20(21)22)2-3-13(10)16/h2-3,6-7H,4-5,8-9H2,1H3. The molecule has 0 N–H and O–H groups in total. The molecule has 0 saturated heterocycles. The van der Waals surface area contributed by atoms with Crippen LogP contribution in [0.3, 0.4) is 0 Å². The summed E-state index contributed by atoms with van der Waals surface area (Å²) in [5.74, 6) is 0. The van der Waals surface area contributed by atoms with E-state index in [9.17, 15) is 10.1 Å². The molecule has 2 aromatic rings. The van der Waals surface area contributed by atoms with Crippen LogP contribution in [0.15, 0.2) is 29.6 Å². The molecule has 0 saturated carbocycles. The first kappa shape index (κ1) is 16.2. The molecule has 1 aliphatic heterocycles. The van der Waals surface area contributed by atoms with Gasteiger partial charge in [0.15, 0.2) is 5.16 Å². The highest BCUT2D eigenvalue weighted by Crippen LogP contribution is 2.26. The van der Waals surface area contributed by atoms with Gasteiger partial charge in [-0.05, 0) is 17.9 Å². The number of aromatic nitrogens is 2. The van der Waals surface area contributed by atoms with Gasteiger partial charge in [-0.15, -0.1) is 0 Å². The monoisotopic (exact) mass is 350 g/mol. The van der Waals surface area contributed by atoms with Crippen molar-refractivity contribution < 1.29 is 4.92 Å². The van der Waals surface area contributed by atoms with Crippen LogP contribution in [-0.4, -0.2) is 32.6 Å². The maximum atomic E-state index is 10.9. The zero-order chi connectivity index (χ0) is 16.4. The lowest BCUT2D eigenvalue weighted by atomic mass is 10.1. The predicted octanol–water partition coefficient (Wildman–Crippen LogP) is 3.32. The Morgan fingerprint density at radius 1 is 1.48 bits per heavy atom. The second-order valence-electron chi connectivity index (χ2n) is 5.32. The van der Waals surface area contributed by atoms with E-state index < -0.39 is 4.92 Å². The average Bonchev–Trinajstić information content (AvgIpc) is 2.56. The van der Waals surface area contributed by atoms with E-state index in [1.807, 2.05) is 12.5 Å². The second kappa shape index (κ2) is 6.82. The summed E-state index contributed by atoms with van der Waals surface area (Å²) >= 11 is 7.72. The number of thioether (sulfide) groups is 1. The van der Waals surface area contributed by atoms with Crippen molar-refractivity contribution in [2.45, 2.75) is 24.7 Å². The van der Waals surface area contributed by atoms with Gasteiger partial charge in [0.05, 0.1) is 10.6 Å². The third-order valence-corrected chi connectivity index (χ3v) is 4.74. The molecule has 23 heavy (non-hydrogen) atoms. The van der Waals surface area contributed by atoms with Gasteiger partial charge in [0.25, 0.3) is 5.69 Å². The van der Waals surface area contributed by atoms with Crippen LogP contribution in [0.25, 0.3) is 0 Å². The first-order valence-electron chi connectivity index (χ1n) is 7.11. The van der Waals surface area contributed by atoms with Crippen molar-refractivity contribution >= 4 is 29.1 Å². The van der Waals surface area contributed by atoms with Crippen LogP contribution in [0.5, 0.6) is 0 Å². The number of benzene rings is 1. The molecule has 0 bridgehead atoms. The minimum Gasteiger partial charge on any atom is -0.294 e. The van der Waals surface area contributed by atoms with E-state index in [-0.39, 0.29) is 5.69 Å². The van der Waals surface area contributed by atoms with Crippen LogP contribution < -0.4 is 0 Å². The highest BCUT2D eigenvalue weighted by Gasteiger charge is 2.20. The molecule has 0 amide bonds. The minimum atomic E-state index is -0.400. The molecule has 120 valence electrons. The minimum absolute atomic E-state index is 0.0646. The Morgan fingerprint density at radius 2 is 2.30 bits per heavy atom. The molecule has 0 radical (unpaired) electrons. The summed E-state index contributed by atoms with van der Waals surface area (Å²) in [5.41, 5.74) is 3.03. The van der Waals surface area contributed by atoms with Gasteiger partial charge in [-0.3, -0.25) is 15.0 Å². The normalized spacial score (nSPS) is 14.5. The van der Waals surface area contributed by atoms with Crippen molar-refractivity contribution in [2.24, 2.45) is 0 Å². The molecule has 1 aliphatic rings. The number of rotatable bonds is 4. The maximum Gasteiger partial charge on any atom is 0.269 e. The van der Waals surface area contributed by atoms with Crippen molar-refractivity contribution in [3.05, 3.63) is 56.4 Å². The Balaban J connectivity index is 1.77. The fraction of sp³-hybridized carbons (Fsp3) is 0.333. The number of fused-ring (bicyclic) bond motifs is 1. The van der Waals surface area contributed by atoms with Crippen LogP contribution >= 0.6 is 23.4 Å². The molecule has 1 aromatic heterocycles. The lowest BCUT2D eigenvalue weighted by Gasteiger charge is -2.28. The Hall–Kier alpha value is -1.70. The van der Waals surface area contributed by atoms with Crippen LogP contribution in [0.4, 0.5) is 5.69 Å². The zero-order valence-electron chi connectivity index (χ0n) is 12.5. The highest BCUT2D eigenvalue weighted by molar-refractivity contribution is 7.98. The van der Waals surface area contributed by atoms with Crippen LogP contribution in [0.1, 0.15) is 16.8 Å². The number of nitro groups is 1. The Morgan fingerprint density at radius 3 is 3.04 bits per heavy atom. The third kappa shape index (κ3) is 3.63. The molecule has 3 rings (SSSR count). The SMILES string of the molecule is CSc1ncc2c(n1)CCN(Cc1cc([N+](=O)[O-])ccc1Cl)C2. The van der Waals surface area contributed by atoms with E-state index in [2.05, 4.69) is 14.9 Å². The van der Waals surface area contributed by atoms with Gasteiger partial charge < -0.3 is 0 Å². The number of hydrogen-bond donors (Lipinski definition) is 0. The zero-order valence-corrected chi connectivity index (χ0v) is 14.1. The van der Waals surface area contributed by atoms with Gasteiger partial charge in [0.2, 0.25) is 0 Å². The Bertz CT molecular complexity index is 756. The lowest BCUT2D eigenvalue weighted by molar-refractivity contribution is -0.384. The van der Waals surface area contributed by atoms with Crippen molar-refractivity contribution in [1.82, 2.24) is 14.9 Å². The summed E-state index contributed by atoms with van der Waals surface area (Å²) < 4.78 is 0. The molecule has 1 aromatic carbocycles. The molecule has 0 fully saturated rings. The number of nitro benzene ring substituents is 1. The third-order valence-electron chi connectivity index (χ3n) is 3.81. The van der Waals surface area contributed by atoms with Crippen LogP contribution in [-0.2, 0) is 19.5 Å². The van der Waals surface area contributed by atoms with E-state index in [0.29, 0.717) is 11.6 Å². The second-order valence-corrected chi connectivity index (χ2v) is 6.50. The Labute approximate surface area is 143 Å². The summed E-state index contributed by atoms with van der Waals surface area (Å²) in [6.45, 7) is 2.14. The van der Waals surface area contributed by atoms with Gasteiger partial charge in [-0.2, -0.15) is 0 Å².